The maximum absolute atomic E-state index is 12.6. The molecule has 0 saturated heterocycles. The smallest absolute Gasteiger partial charge is 0.251 e. The van der Waals surface area contributed by atoms with Gasteiger partial charge in [-0.05, 0) is 43.5 Å². The summed E-state index contributed by atoms with van der Waals surface area (Å²) in [6.07, 6.45) is 1.51. The van der Waals surface area contributed by atoms with Gasteiger partial charge in [0.2, 0.25) is 5.91 Å². The van der Waals surface area contributed by atoms with Gasteiger partial charge in [0.1, 0.15) is 11.9 Å². The lowest BCUT2D eigenvalue weighted by molar-refractivity contribution is -0.123. The van der Waals surface area contributed by atoms with Crippen LogP contribution in [0.4, 0.5) is 0 Å². The summed E-state index contributed by atoms with van der Waals surface area (Å²) < 4.78 is 0. The Bertz CT molecular complexity index is 960. The van der Waals surface area contributed by atoms with Gasteiger partial charge in [0.25, 0.3) is 5.91 Å². The number of aryl methyl sites for hydroxylation is 2. The van der Waals surface area contributed by atoms with Crippen molar-refractivity contribution in [1.82, 2.24) is 20.6 Å². The minimum atomic E-state index is -0.575. The summed E-state index contributed by atoms with van der Waals surface area (Å²) in [5.74, 6) is 0.503. The summed E-state index contributed by atoms with van der Waals surface area (Å²) >= 11 is 0. The summed E-state index contributed by atoms with van der Waals surface area (Å²) in [5, 5.41) is 5.81. The number of carbonyl (C=O) groups excluding carboxylic acids is 2. The Hall–Kier alpha value is -3.15. The number of aromatic nitrogens is 2. The first kappa shape index (κ1) is 20.6. The van der Waals surface area contributed by atoms with Gasteiger partial charge in [-0.2, -0.15) is 0 Å². The Morgan fingerprint density at radius 3 is 2.62 bits per heavy atom. The van der Waals surface area contributed by atoms with E-state index in [2.05, 4.69) is 20.6 Å². The van der Waals surface area contributed by atoms with E-state index in [4.69, 9.17) is 0 Å². The van der Waals surface area contributed by atoms with Crippen molar-refractivity contribution in [2.45, 2.75) is 39.7 Å². The van der Waals surface area contributed by atoms with Gasteiger partial charge in [-0.15, -0.1) is 0 Å². The summed E-state index contributed by atoms with van der Waals surface area (Å²) in [6.45, 7) is 6.31. The van der Waals surface area contributed by atoms with E-state index in [1.165, 1.54) is 0 Å². The summed E-state index contributed by atoms with van der Waals surface area (Å²) in [6, 6.07) is 14.7. The molecular weight excluding hydrogens is 364 g/mol. The predicted molar refractivity (Wildman–Crippen MR) is 115 cm³/mol. The van der Waals surface area contributed by atoms with E-state index in [1.807, 2.05) is 63.2 Å². The van der Waals surface area contributed by atoms with Crippen LogP contribution in [0.3, 0.4) is 0 Å². The number of nitrogens with one attached hydrogen (secondary N) is 3. The number of hydrogen-bond donors (Lipinski definition) is 3. The molecule has 0 bridgehead atoms. The van der Waals surface area contributed by atoms with Crippen LogP contribution in [0.5, 0.6) is 0 Å². The zero-order valence-corrected chi connectivity index (χ0v) is 17.2. The molecule has 0 aliphatic carbocycles. The molecule has 3 aromatic rings. The number of benzene rings is 2. The first-order valence-corrected chi connectivity index (χ1v) is 10.0. The number of H-pyrrole nitrogens is 1. The first-order chi connectivity index (χ1) is 13.9. The second kappa shape index (κ2) is 9.37. The molecule has 6 heteroatoms. The molecule has 1 unspecified atom stereocenters. The molecule has 1 heterocycles. The van der Waals surface area contributed by atoms with E-state index in [-0.39, 0.29) is 17.7 Å². The van der Waals surface area contributed by atoms with Crippen LogP contribution in [-0.2, 0) is 11.2 Å². The lowest BCUT2D eigenvalue weighted by Gasteiger charge is -2.22. The fourth-order valence-electron chi connectivity index (χ4n) is 3.25. The van der Waals surface area contributed by atoms with Crippen LogP contribution in [0.15, 0.2) is 48.5 Å². The molecule has 0 fully saturated rings. The first-order valence-electron chi connectivity index (χ1n) is 10.0. The van der Waals surface area contributed by atoms with Gasteiger partial charge in [0.15, 0.2) is 0 Å². The standard InChI is InChI=1S/C23H28N4O2/c1-15(2)21(27-22(28)17-9-6-8-16(3)14-17)23(29)24-13-7-12-20-25-18-10-4-5-11-19(18)26-20/h4-6,8-11,14-15,21H,7,12-13H2,1-3H3,(H,24,29)(H,25,26)(H,27,28). The Labute approximate surface area is 171 Å². The average molecular weight is 393 g/mol. The molecule has 2 amide bonds. The van der Waals surface area contributed by atoms with Crippen LogP contribution in [0.2, 0.25) is 0 Å². The summed E-state index contributed by atoms with van der Waals surface area (Å²) in [7, 11) is 0. The van der Waals surface area contributed by atoms with Gasteiger partial charge in [-0.1, -0.05) is 43.7 Å². The molecule has 152 valence electrons. The normalized spacial score (nSPS) is 12.1. The van der Waals surface area contributed by atoms with Gasteiger partial charge >= 0.3 is 0 Å². The van der Waals surface area contributed by atoms with Gasteiger partial charge in [-0.3, -0.25) is 9.59 Å². The van der Waals surface area contributed by atoms with Crippen LogP contribution in [0.1, 0.15) is 42.0 Å². The van der Waals surface area contributed by atoms with Crippen molar-refractivity contribution < 1.29 is 9.59 Å². The number of fused-ring (bicyclic) bond motifs is 1. The van der Waals surface area contributed by atoms with Crippen LogP contribution >= 0.6 is 0 Å². The third-order valence-corrected chi connectivity index (χ3v) is 4.84. The summed E-state index contributed by atoms with van der Waals surface area (Å²) in [5.41, 5.74) is 3.54. The molecule has 0 aliphatic rings. The summed E-state index contributed by atoms with van der Waals surface area (Å²) in [4.78, 5) is 33.0. The van der Waals surface area contributed by atoms with E-state index >= 15 is 0 Å². The quantitative estimate of drug-likeness (QED) is 0.514. The number of amides is 2. The van der Waals surface area contributed by atoms with E-state index in [0.29, 0.717) is 12.1 Å². The fourth-order valence-corrected chi connectivity index (χ4v) is 3.25. The van der Waals surface area contributed by atoms with Crippen molar-refractivity contribution in [3.05, 3.63) is 65.5 Å². The van der Waals surface area contributed by atoms with Crippen LogP contribution < -0.4 is 10.6 Å². The molecule has 6 nitrogen and oxygen atoms in total. The lowest BCUT2D eigenvalue weighted by Crippen LogP contribution is -2.49. The third-order valence-electron chi connectivity index (χ3n) is 4.84. The van der Waals surface area contributed by atoms with Crippen LogP contribution in [0, 0.1) is 12.8 Å². The van der Waals surface area contributed by atoms with Crippen LogP contribution in [-0.4, -0.2) is 34.4 Å². The Balaban J connectivity index is 1.50. The zero-order valence-electron chi connectivity index (χ0n) is 17.2. The van der Waals surface area contributed by atoms with Crippen LogP contribution in [0.25, 0.3) is 11.0 Å². The molecule has 0 saturated carbocycles. The average Bonchev–Trinajstić information content (AvgIpc) is 3.11. The van der Waals surface area contributed by atoms with Gasteiger partial charge in [-0.25, -0.2) is 4.98 Å². The number of imidazole rings is 1. The molecule has 29 heavy (non-hydrogen) atoms. The lowest BCUT2D eigenvalue weighted by atomic mass is 10.0. The fraction of sp³-hybridized carbons (Fsp3) is 0.348. The molecular formula is C23H28N4O2. The molecule has 0 radical (unpaired) electrons. The van der Waals surface area contributed by atoms with Gasteiger partial charge in [0.05, 0.1) is 11.0 Å². The number of carbonyl (C=O) groups is 2. The maximum atomic E-state index is 12.6. The molecule has 3 N–H and O–H groups in total. The number of nitrogens with zero attached hydrogens (tertiary/aromatic N) is 1. The maximum Gasteiger partial charge on any atom is 0.251 e. The minimum Gasteiger partial charge on any atom is -0.354 e. The van der Waals surface area contributed by atoms with Crippen molar-refractivity contribution in [1.29, 1.82) is 0 Å². The highest BCUT2D eigenvalue weighted by Gasteiger charge is 2.24. The van der Waals surface area contributed by atoms with Crippen molar-refractivity contribution in [3.63, 3.8) is 0 Å². The topological polar surface area (TPSA) is 86.9 Å². The molecule has 1 aromatic heterocycles. The predicted octanol–water partition coefficient (Wildman–Crippen LogP) is 3.37. The van der Waals surface area contributed by atoms with E-state index in [0.717, 1.165) is 35.3 Å². The molecule has 2 aromatic carbocycles. The monoisotopic (exact) mass is 392 g/mol. The SMILES string of the molecule is Cc1cccc(C(=O)NC(C(=O)NCCCc2nc3ccccc3[nH]2)C(C)C)c1. The molecule has 0 aliphatic heterocycles. The number of aromatic amines is 1. The highest BCUT2D eigenvalue weighted by Crippen LogP contribution is 2.11. The largest absolute Gasteiger partial charge is 0.354 e. The Morgan fingerprint density at radius 2 is 1.90 bits per heavy atom. The number of rotatable bonds is 8. The minimum absolute atomic E-state index is 0.0147. The molecule has 1 atom stereocenters. The Kier molecular flexibility index (Phi) is 6.65. The third kappa shape index (κ3) is 5.44. The van der Waals surface area contributed by atoms with Crippen molar-refractivity contribution in [3.8, 4) is 0 Å². The van der Waals surface area contributed by atoms with Gasteiger partial charge in [0, 0.05) is 18.5 Å². The van der Waals surface area contributed by atoms with Gasteiger partial charge < -0.3 is 15.6 Å². The zero-order chi connectivity index (χ0) is 20.8. The van der Waals surface area contributed by atoms with E-state index in [1.54, 1.807) is 6.07 Å². The number of hydrogen-bond acceptors (Lipinski definition) is 3. The Morgan fingerprint density at radius 1 is 1.10 bits per heavy atom. The van der Waals surface area contributed by atoms with E-state index in [9.17, 15) is 9.59 Å². The second-order valence-corrected chi connectivity index (χ2v) is 7.66. The van der Waals surface area contributed by atoms with E-state index < -0.39 is 6.04 Å². The van der Waals surface area contributed by atoms with Crippen molar-refractivity contribution in [2.75, 3.05) is 6.54 Å². The second-order valence-electron chi connectivity index (χ2n) is 7.66. The molecule has 3 rings (SSSR count). The number of para-hydroxylation sites is 2. The van der Waals surface area contributed by atoms with Crippen molar-refractivity contribution >= 4 is 22.8 Å². The molecule has 0 spiro atoms. The highest BCUT2D eigenvalue weighted by molar-refractivity contribution is 5.97. The van der Waals surface area contributed by atoms with Crippen molar-refractivity contribution in [2.24, 2.45) is 5.92 Å². The highest BCUT2D eigenvalue weighted by atomic mass is 16.2.